The zero-order valence-corrected chi connectivity index (χ0v) is 16.5. The summed E-state index contributed by atoms with van der Waals surface area (Å²) in [5, 5.41) is 12.5. The average molecular weight is 391 g/mol. The van der Waals surface area contributed by atoms with Crippen molar-refractivity contribution < 1.29 is 24.2 Å². The van der Waals surface area contributed by atoms with E-state index in [0.29, 0.717) is 57.1 Å². The van der Waals surface area contributed by atoms with Crippen LogP contribution in [0, 0.1) is 0 Å². The normalized spacial score (nSPS) is 21.3. The number of aliphatic hydroxyl groups excluding tert-OH is 1. The van der Waals surface area contributed by atoms with Crippen LogP contribution in [0.15, 0.2) is 18.2 Å². The molecule has 3 rings (SSSR count). The minimum Gasteiger partial charge on any atom is -0.493 e. The molecule has 0 unspecified atom stereocenters. The van der Waals surface area contributed by atoms with Crippen LogP contribution in [0.4, 0.5) is 0 Å². The third kappa shape index (κ3) is 4.56. The Kier molecular flexibility index (Phi) is 6.74. The van der Waals surface area contributed by atoms with Crippen molar-refractivity contribution in [1.29, 1.82) is 0 Å². The minimum atomic E-state index is -0.524. The van der Waals surface area contributed by atoms with Gasteiger partial charge in [0.25, 0.3) is 0 Å². The van der Waals surface area contributed by atoms with Crippen LogP contribution < -0.4 is 14.8 Å². The fourth-order valence-electron chi connectivity index (χ4n) is 3.88. The maximum absolute atomic E-state index is 12.7. The van der Waals surface area contributed by atoms with Crippen LogP contribution in [-0.4, -0.2) is 79.3 Å². The molecule has 0 bridgehead atoms. The van der Waals surface area contributed by atoms with Gasteiger partial charge in [-0.2, -0.15) is 0 Å². The Bertz CT molecular complexity index is 703. The number of benzene rings is 1. The van der Waals surface area contributed by atoms with E-state index in [1.54, 1.807) is 19.1 Å². The lowest BCUT2D eigenvalue weighted by Crippen LogP contribution is -2.56. The van der Waals surface area contributed by atoms with Crippen LogP contribution in [0.5, 0.6) is 11.5 Å². The number of hydrogen-bond donors (Lipinski definition) is 2. The molecule has 154 valence electrons. The predicted molar refractivity (Wildman–Crippen MR) is 103 cm³/mol. The van der Waals surface area contributed by atoms with E-state index in [2.05, 4.69) is 5.32 Å². The fourth-order valence-corrected chi connectivity index (χ4v) is 3.88. The van der Waals surface area contributed by atoms with E-state index in [0.717, 1.165) is 5.56 Å². The topological polar surface area (TPSA) is 91.3 Å². The molecule has 1 atom stereocenters. The first kappa shape index (κ1) is 20.4. The first-order valence-corrected chi connectivity index (χ1v) is 9.71. The maximum Gasteiger partial charge on any atom is 0.237 e. The highest BCUT2D eigenvalue weighted by Crippen LogP contribution is 2.32. The van der Waals surface area contributed by atoms with Gasteiger partial charge in [0.2, 0.25) is 11.8 Å². The summed E-state index contributed by atoms with van der Waals surface area (Å²) in [6, 6.07) is 5.14. The van der Waals surface area contributed by atoms with Crippen LogP contribution in [0.3, 0.4) is 0 Å². The second kappa shape index (κ2) is 9.25. The summed E-state index contributed by atoms with van der Waals surface area (Å²) in [6.45, 7) is 2.77. The first-order valence-electron chi connectivity index (χ1n) is 9.71. The quantitative estimate of drug-likeness (QED) is 0.729. The van der Waals surface area contributed by atoms with Crippen molar-refractivity contribution in [2.75, 3.05) is 40.4 Å². The zero-order chi connectivity index (χ0) is 20.1. The number of piperazine rings is 1. The number of rotatable bonds is 6. The molecule has 2 heterocycles. The average Bonchev–Trinajstić information content (AvgIpc) is 2.70. The molecule has 0 aromatic heterocycles. The second-order valence-electron chi connectivity index (χ2n) is 7.25. The summed E-state index contributed by atoms with van der Waals surface area (Å²) in [7, 11) is 3.18. The van der Waals surface area contributed by atoms with Gasteiger partial charge < -0.3 is 24.8 Å². The number of carbonyl (C=O) groups excluding carboxylic acids is 2. The van der Waals surface area contributed by atoms with Crippen molar-refractivity contribution in [3.8, 4) is 11.5 Å². The molecule has 28 heavy (non-hydrogen) atoms. The molecule has 8 heteroatoms. The van der Waals surface area contributed by atoms with Crippen molar-refractivity contribution in [3.63, 3.8) is 0 Å². The van der Waals surface area contributed by atoms with E-state index in [1.165, 1.54) is 0 Å². The monoisotopic (exact) mass is 391 g/mol. The number of ether oxygens (including phenoxy) is 2. The van der Waals surface area contributed by atoms with Gasteiger partial charge in [-0.05, 0) is 18.9 Å². The molecule has 2 aliphatic heterocycles. The van der Waals surface area contributed by atoms with Crippen molar-refractivity contribution in [2.45, 2.75) is 38.0 Å². The standard InChI is InChI=1S/C20H29N3O5/c1-27-17-5-3-4-14(19(17)28-2)13-23-11-8-21-20(26)16(23)12-18(25)22-9-6-15(24)7-10-22/h3-5,15-16,24H,6-13H2,1-2H3,(H,21,26)/t16-/m0/s1. The van der Waals surface area contributed by atoms with E-state index < -0.39 is 6.04 Å². The third-order valence-corrected chi connectivity index (χ3v) is 5.48. The van der Waals surface area contributed by atoms with E-state index in [-0.39, 0.29) is 24.3 Å². The van der Waals surface area contributed by atoms with Crippen LogP contribution >= 0.6 is 0 Å². The third-order valence-electron chi connectivity index (χ3n) is 5.48. The largest absolute Gasteiger partial charge is 0.493 e. The molecule has 0 aliphatic carbocycles. The fraction of sp³-hybridized carbons (Fsp3) is 0.600. The van der Waals surface area contributed by atoms with Gasteiger partial charge in [0, 0.05) is 38.3 Å². The number of carbonyl (C=O) groups is 2. The van der Waals surface area contributed by atoms with Gasteiger partial charge in [-0.25, -0.2) is 0 Å². The number of aliphatic hydroxyl groups is 1. The molecule has 2 fully saturated rings. The summed E-state index contributed by atoms with van der Waals surface area (Å²) in [6.07, 6.45) is 0.980. The smallest absolute Gasteiger partial charge is 0.237 e. The Labute approximate surface area is 165 Å². The summed E-state index contributed by atoms with van der Waals surface area (Å²) >= 11 is 0. The van der Waals surface area contributed by atoms with Gasteiger partial charge >= 0.3 is 0 Å². The van der Waals surface area contributed by atoms with E-state index >= 15 is 0 Å². The highest BCUT2D eigenvalue weighted by atomic mass is 16.5. The first-order chi connectivity index (χ1) is 13.5. The number of nitrogens with one attached hydrogen (secondary N) is 1. The molecule has 1 aromatic rings. The van der Waals surface area contributed by atoms with Crippen LogP contribution in [-0.2, 0) is 16.1 Å². The van der Waals surface area contributed by atoms with Gasteiger partial charge in [-0.15, -0.1) is 0 Å². The molecule has 0 saturated carbocycles. The summed E-state index contributed by atoms with van der Waals surface area (Å²) in [5.41, 5.74) is 0.912. The van der Waals surface area contributed by atoms with Crippen LogP contribution in [0.1, 0.15) is 24.8 Å². The molecule has 2 N–H and O–H groups in total. The molecular formula is C20H29N3O5. The van der Waals surface area contributed by atoms with Gasteiger partial charge in [0.05, 0.1) is 32.8 Å². The van der Waals surface area contributed by atoms with E-state index in [9.17, 15) is 14.7 Å². The lowest BCUT2D eigenvalue weighted by Gasteiger charge is -2.37. The number of nitrogens with zero attached hydrogens (tertiary/aromatic N) is 2. The van der Waals surface area contributed by atoms with Gasteiger partial charge in [-0.1, -0.05) is 12.1 Å². The Morgan fingerprint density at radius 3 is 2.64 bits per heavy atom. The lowest BCUT2D eigenvalue weighted by atomic mass is 10.0. The Hall–Kier alpha value is -2.32. The number of piperidine rings is 1. The minimum absolute atomic E-state index is 0.0449. The molecule has 8 nitrogen and oxygen atoms in total. The van der Waals surface area contributed by atoms with E-state index in [1.807, 2.05) is 23.1 Å². The van der Waals surface area contributed by atoms with Gasteiger partial charge in [0.15, 0.2) is 11.5 Å². The summed E-state index contributed by atoms with van der Waals surface area (Å²) in [4.78, 5) is 29.0. The SMILES string of the molecule is COc1cccc(CN2CCNC(=O)[C@@H]2CC(=O)N2CCC(O)CC2)c1OC. The van der Waals surface area contributed by atoms with Gasteiger partial charge in [-0.3, -0.25) is 14.5 Å². The Morgan fingerprint density at radius 2 is 1.96 bits per heavy atom. The number of para-hydroxylation sites is 1. The molecule has 2 amide bonds. The van der Waals surface area contributed by atoms with Crippen molar-refractivity contribution in [3.05, 3.63) is 23.8 Å². The van der Waals surface area contributed by atoms with Crippen LogP contribution in [0.2, 0.25) is 0 Å². The van der Waals surface area contributed by atoms with E-state index in [4.69, 9.17) is 9.47 Å². The Balaban J connectivity index is 1.72. The molecule has 2 saturated heterocycles. The number of methoxy groups -OCH3 is 2. The highest BCUT2D eigenvalue weighted by Gasteiger charge is 2.34. The molecule has 0 spiro atoms. The second-order valence-corrected chi connectivity index (χ2v) is 7.25. The number of amides is 2. The highest BCUT2D eigenvalue weighted by molar-refractivity contribution is 5.88. The van der Waals surface area contributed by atoms with Crippen LogP contribution in [0.25, 0.3) is 0 Å². The molecule has 2 aliphatic rings. The molecule has 1 aromatic carbocycles. The number of hydrogen-bond acceptors (Lipinski definition) is 6. The van der Waals surface area contributed by atoms with Gasteiger partial charge in [0.1, 0.15) is 0 Å². The Morgan fingerprint density at radius 1 is 1.21 bits per heavy atom. The molecular weight excluding hydrogens is 362 g/mol. The summed E-state index contributed by atoms with van der Waals surface area (Å²) < 4.78 is 10.9. The van der Waals surface area contributed by atoms with Crippen molar-refractivity contribution >= 4 is 11.8 Å². The predicted octanol–water partition coefficient (Wildman–Crippen LogP) is 0.378. The zero-order valence-electron chi connectivity index (χ0n) is 16.5. The molecule has 0 radical (unpaired) electrons. The van der Waals surface area contributed by atoms with Crippen molar-refractivity contribution in [1.82, 2.24) is 15.1 Å². The number of likely N-dealkylation sites (tertiary alicyclic amines) is 1. The lowest BCUT2D eigenvalue weighted by molar-refractivity contribution is -0.140. The maximum atomic E-state index is 12.7. The summed E-state index contributed by atoms with van der Waals surface area (Å²) in [5.74, 6) is 1.11. The van der Waals surface area contributed by atoms with Crippen molar-refractivity contribution in [2.24, 2.45) is 0 Å².